The zero-order valence-electron chi connectivity index (χ0n) is 23.4. The van der Waals surface area contributed by atoms with E-state index in [-0.39, 0.29) is 76.5 Å². The van der Waals surface area contributed by atoms with Crippen molar-refractivity contribution in [2.24, 2.45) is 10.8 Å². The number of Topliss-reactive ketones (excluding diaryl/α,β-unsaturated/α-hetero) is 2. The molecule has 0 saturated carbocycles. The van der Waals surface area contributed by atoms with Gasteiger partial charge in [0.25, 0.3) is 0 Å². The summed E-state index contributed by atoms with van der Waals surface area (Å²) in [4.78, 5) is 70.7. The first-order valence-corrected chi connectivity index (χ1v) is 12.7. The Bertz CT molecular complexity index is 759. The fraction of sp³-hybridized carbons (Fsp3) is 0.769. The van der Waals surface area contributed by atoms with Crippen LogP contribution in [0.2, 0.25) is 0 Å². The highest BCUT2D eigenvalue weighted by atomic mass is 16.5. The highest BCUT2D eigenvalue weighted by Gasteiger charge is 2.27. The van der Waals surface area contributed by atoms with E-state index in [1.807, 2.05) is 0 Å². The Kier molecular flexibility index (Phi) is 15.6. The van der Waals surface area contributed by atoms with Crippen molar-refractivity contribution in [2.45, 2.75) is 92.2 Å². The van der Waals surface area contributed by atoms with Gasteiger partial charge in [-0.15, -0.1) is 0 Å². The molecule has 0 radical (unpaired) electrons. The molecule has 0 rings (SSSR count). The van der Waals surface area contributed by atoms with Crippen molar-refractivity contribution in [3.8, 4) is 0 Å². The fourth-order valence-electron chi connectivity index (χ4n) is 3.00. The lowest BCUT2D eigenvalue weighted by Crippen LogP contribution is -2.42. The molecule has 0 bridgehead atoms. The molecular formula is C26H44N2O10. The van der Waals surface area contributed by atoms with E-state index in [4.69, 9.17) is 9.47 Å². The molecule has 2 amide bonds. The van der Waals surface area contributed by atoms with Gasteiger partial charge < -0.3 is 30.3 Å². The second-order valence-corrected chi connectivity index (χ2v) is 11.1. The number of carboxylic acids is 2. The number of carboxylic acid groups (broad SMARTS) is 2. The Labute approximate surface area is 224 Å². The van der Waals surface area contributed by atoms with Gasteiger partial charge in [-0.3, -0.25) is 19.2 Å². The van der Waals surface area contributed by atoms with Crippen LogP contribution < -0.4 is 10.6 Å². The van der Waals surface area contributed by atoms with Crippen molar-refractivity contribution in [3.63, 3.8) is 0 Å². The molecule has 2 atom stereocenters. The number of aliphatic carboxylic acids is 2. The van der Waals surface area contributed by atoms with Crippen molar-refractivity contribution in [3.05, 3.63) is 0 Å². The average Bonchev–Trinajstić information content (AvgIpc) is 2.78. The van der Waals surface area contributed by atoms with Crippen LogP contribution in [0.25, 0.3) is 0 Å². The van der Waals surface area contributed by atoms with Gasteiger partial charge in [-0.1, -0.05) is 41.5 Å². The first-order chi connectivity index (χ1) is 17.4. The monoisotopic (exact) mass is 544 g/mol. The zero-order valence-corrected chi connectivity index (χ0v) is 23.4. The Morgan fingerprint density at radius 2 is 0.895 bits per heavy atom. The highest BCUT2D eigenvalue weighted by Crippen LogP contribution is 2.19. The van der Waals surface area contributed by atoms with Gasteiger partial charge in [0.05, 0.1) is 26.4 Å². The van der Waals surface area contributed by atoms with E-state index >= 15 is 0 Å². The van der Waals surface area contributed by atoms with Gasteiger partial charge in [-0.2, -0.15) is 0 Å². The molecule has 218 valence electrons. The molecule has 0 aromatic heterocycles. The van der Waals surface area contributed by atoms with Gasteiger partial charge in [0, 0.05) is 36.5 Å². The average molecular weight is 545 g/mol. The van der Waals surface area contributed by atoms with Gasteiger partial charge >= 0.3 is 11.9 Å². The van der Waals surface area contributed by atoms with E-state index in [0.717, 1.165) is 0 Å². The van der Waals surface area contributed by atoms with E-state index in [1.54, 1.807) is 41.5 Å². The lowest BCUT2D eigenvalue weighted by Gasteiger charge is -2.19. The summed E-state index contributed by atoms with van der Waals surface area (Å²) in [5.74, 6) is -3.65. The standard InChI is InChI=1S/C26H44N2O10/c1-25(2,3)19(29)9-7-17(23(33)34)27-21(31)11-13-37-15-16-38-14-12-22(32)28-18(24(35)36)8-10-20(30)26(4,5)6/h17-18H,7-16H2,1-6H3,(H,27,31)(H,28,32)(H,33,34)(H,35,36)/t17-,18-/m0/s1. The molecule has 0 heterocycles. The number of nitrogens with one attached hydrogen (secondary N) is 2. The van der Waals surface area contributed by atoms with Crippen LogP contribution in [-0.2, 0) is 38.2 Å². The summed E-state index contributed by atoms with van der Waals surface area (Å²) in [5, 5.41) is 23.3. The SMILES string of the molecule is CC(C)(C)C(=O)CC[C@H](NC(=O)CCOCCOCCC(=O)N[C@@H](CCC(=O)C(C)(C)C)C(=O)O)C(=O)O. The van der Waals surface area contributed by atoms with E-state index in [2.05, 4.69) is 10.6 Å². The number of carbonyl (C=O) groups is 6. The van der Waals surface area contributed by atoms with Gasteiger partial charge in [0.15, 0.2) is 0 Å². The number of ketones is 2. The molecule has 38 heavy (non-hydrogen) atoms. The number of hydrogen-bond donors (Lipinski definition) is 4. The van der Waals surface area contributed by atoms with Crippen LogP contribution in [0.4, 0.5) is 0 Å². The molecular weight excluding hydrogens is 500 g/mol. The minimum atomic E-state index is -1.22. The molecule has 0 spiro atoms. The number of hydrogen-bond acceptors (Lipinski definition) is 8. The number of amides is 2. The van der Waals surface area contributed by atoms with Crippen LogP contribution in [0.1, 0.15) is 80.1 Å². The third-order valence-electron chi connectivity index (χ3n) is 5.58. The second-order valence-electron chi connectivity index (χ2n) is 11.1. The maximum absolute atomic E-state index is 12.0. The van der Waals surface area contributed by atoms with Crippen molar-refractivity contribution in [1.29, 1.82) is 0 Å². The smallest absolute Gasteiger partial charge is 0.326 e. The molecule has 0 aliphatic carbocycles. The zero-order chi connectivity index (χ0) is 29.5. The molecule has 0 aromatic carbocycles. The Morgan fingerprint density at radius 3 is 1.16 bits per heavy atom. The highest BCUT2D eigenvalue weighted by molar-refractivity contribution is 5.87. The van der Waals surface area contributed by atoms with Gasteiger partial charge in [0.2, 0.25) is 11.8 Å². The summed E-state index contributed by atoms with van der Waals surface area (Å²) >= 11 is 0. The molecule has 0 aromatic rings. The molecule has 12 heteroatoms. The quantitative estimate of drug-likeness (QED) is 0.175. The first-order valence-electron chi connectivity index (χ1n) is 12.7. The molecule has 0 saturated heterocycles. The van der Waals surface area contributed by atoms with E-state index in [9.17, 15) is 39.0 Å². The topological polar surface area (TPSA) is 185 Å². The van der Waals surface area contributed by atoms with Gasteiger partial charge in [0.1, 0.15) is 23.7 Å². The molecule has 0 unspecified atom stereocenters. The largest absolute Gasteiger partial charge is 0.480 e. The maximum atomic E-state index is 12.0. The lowest BCUT2D eigenvalue weighted by molar-refractivity contribution is -0.143. The molecule has 0 fully saturated rings. The minimum absolute atomic E-state index is 0.00169. The van der Waals surface area contributed by atoms with Gasteiger partial charge in [-0.05, 0) is 12.8 Å². The predicted octanol–water partition coefficient (Wildman–Crippen LogP) is 1.73. The predicted molar refractivity (Wildman–Crippen MR) is 137 cm³/mol. The maximum Gasteiger partial charge on any atom is 0.326 e. The minimum Gasteiger partial charge on any atom is -0.480 e. The first kappa shape index (κ1) is 35.1. The van der Waals surface area contributed by atoms with E-state index in [1.165, 1.54) is 0 Å². The number of rotatable bonds is 19. The van der Waals surface area contributed by atoms with Crippen LogP contribution in [0.15, 0.2) is 0 Å². The molecule has 0 aliphatic rings. The third-order valence-corrected chi connectivity index (χ3v) is 5.58. The van der Waals surface area contributed by atoms with Crippen LogP contribution in [-0.4, -0.2) is 84.0 Å². The molecule has 0 aliphatic heterocycles. The number of carbonyl (C=O) groups excluding carboxylic acids is 4. The Morgan fingerprint density at radius 1 is 0.579 bits per heavy atom. The summed E-state index contributed by atoms with van der Waals surface area (Å²) in [5.41, 5.74) is -1.16. The van der Waals surface area contributed by atoms with Crippen LogP contribution in [0, 0.1) is 10.8 Å². The summed E-state index contributed by atoms with van der Waals surface area (Å²) in [6.45, 7) is 10.8. The molecule has 4 N–H and O–H groups in total. The van der Waals surface area contributed by atoms with Crippen molar-refractivity contribution < 1.29 is 48.5 Å². The second kappa shape index (κ2) is 16.9. The van der Waals surface area contributed by atoms with E-state index < -0.39 is 46.7 Å². The Hall–Kier alpha value is -2.86. The lowest BCUT2D eigenvalue weighted by atomic mass is 9.87. The summed E-state index contributed by atoms with van der Waals surface area (Å²) in [7, 11) is 0. The fourth-order valence-corrected chi connectivity index (χ4v) is 3.00. The molecule has 12 nitrogen and oxygen atoms in total. The van der Waals surface area contributed by atoms with Crippen LogP contribution in [0.5, 0.6) is 0 Å². The van der Waals surface area contributed by atoms with Crippen molar-refractivity contribution >= 4 is 35.3 Å². The van der Waals surface area contributed by atoms with Crippen molar-refractivity contribution in [2.75, 3.05) is 26.4 Å². The summed E-state index contributed by atoms with van der Waals surface area (Å²) in [6, 6.07) is -2.33. The summed E-state index contributed by atoms with van der Waals surface area (Å²) < 4.78 is 10.6. The van der Waals surface area contributed by atoms with Crippen molar-refractivity contribution in [1.82, 2.24) is 10.6 Å². The van der Waals surface area contributed by atoms with Gasteiger partial charge in [-0.25, -0.2) is 9.59 Å². The Balaban J connectivity index is 4.11. The van der Waals surface area contributed by atoms with Crippen LogP contribution in [0.3, 0.4) is 0 Å². The van der Waals surface area contributed by atoms with E-state index in [0.29, 0.717) is 0 Å². The number of ether oxygens (including phenoxy) is 2. The normalized spacial score (nSPS) is 13.3. The third kappa shape index (κ3) is 16.1. The summed E-state index contributed by atoms with van der Waals surface area (Å²) in [6.07, 6.45) is -0.0638. The van der Waals surface area contributed by atoms with Crippen LogP contribution >= 0.6 is 0 Å².